The van der Waals surface area contributed by atoms with Crippen LogP contribution in [0, 0.1) is 11.6 Å². The highest BCUT2D eigenvalue weighted by Crippen LogP contribution is 2.19. The number of halogens is 2. The summed E-state index contributed by atoms with van der Waals surface area (Å²) >= 11 is 0. The van der Waals surface area contributed by atoms with Gasteiger partial charge in [-0.2, -0.15) is 0 Å². The van der Waals surface area contributed by atoms with E-state index in [9.17, 15) is 18.7 Å². The van der Waals surface area contributed by atoms with Crippen molar-refractivity contribution in [2.24, 2.45) is 0 Å². The number of amides is 1. The molecule has 2 unspecified atom stereocenters. The number of benzene rings is 2. The van der Waals surface area contributed by atoms with Crippen LogP contribution < -0.4 is 10.1 Å². The standard InChI is InChI=1S/C19H21F2NO3/c1-12(19(24)14-6-9-16(20)17(21)11-14)22-18(23)10-5-13-3-7-15(25-2)8-4-13/h3-4,6-9,11-12,19,24H,5,10H2,1-2H3,(H,22,23). The third-order valence-electron chi connectivity index (χ3n) is 3.95. The lowest BCUT2D eigenvalue weighted by molar-refractivity contribution is -0.122. The van der Waals surface area contributed by atoms with Crippen LogP contribution in [0.4, 0.5) is 8.78 Å². The number of hydrogen-bond donors (Lipinski definition) is 2. The first-order valence-corrected chi connectivity index (χ1v) is 7.96. The lowest BCUT2D eigenvalue weighted by Crippen LogP contribution is -2.37. The maximum absolute atomic E-state index is 13.2. The largest absolute Gasteiger partial charge is 0.497 e. The zero-order valence-corrected chi connectivity index (χ0v) is 14.1. The predicted molar refractivity (Wildman–Crippen MR) is 90.2 cm³/mol. The molecule has 2 rings (SSSR count). The molecule has 0 aromatic heterocycles. The number of methoxy groups -OCH3 is 1. The van der Waals surface area contributed by atoms with Gasteiger partial charge in [-0.25, -0.2) is 8.78 Å². The zero-order chi connectivity index (χ0) is 18.4. The normalized spacial score (nSPS) is 13.2. The Hall–Kier alpha value is -2.47. The van der Waals surface area contributed by atoms with Gasteiger partial charge in [0.05, 0.1) is 19.3 Å². The second-order valence-electron chi connectivity index (χ2n) is 5.82. The minimum atomic E-state index is -1.12. The van der Waals surface area contributed by atoms with Gasteiger partial charge in [0.25, 0.3) is 0 Å². The topological polar surface area (TPSA) is 58.6 Å². The first-order chi connectivity index (χ1) is 11.9. The molecule has 4 nitrogen and oxygen atoms in total. The van der Waals surface area contributed by atoms with Gasteiger partial charge >= 0.3 is 0 Å². The van der Waals surface area contributed by atoms with Crippen LogP contribution in [0.15, 0.2) is 42.5 Å². The number of aryl methyl sites for hydroxylation is 1. The van der Waals surface area contributed by atoms with E-state index in [0.717, 1.165) is 23.4 Å². The molecule has 25 heavy (non-hydrogen) atoms. The van der Waals surface area contributed by atoms with E-state index in [1.165, 1.54) is 6.07 Å². The Labute approximate surface area is 145 Å². The summed E-state index contributed by atoms with van der Waals surface area (Å²) in [5.74, 6) is -1.50. The summed E-state index contributed by atoms with van der Waals surface area (Å²) < 4.78 is 31.3. The van der Waals surface area contributed by atoms with Gasteiger partial charge in [0.2, 0.25) is 5.91 Å². The molecule has 0 spiro atoms. The highest BCUT2D eigenvalue weighted by molar-refractivity contribution is 5.76. The molecule has 0 bridgehead atoms. The number of hydrogen-bond acceptors (Lipinski definition) is 3. The van der Waals surface area contributed by atoms with Crippen molar-refractivity contribution in [3.63, 3.8) is 0 Å². The van der Waals surface area contributed by atoms with Crippen molar-refractivity contribution in [2.45, 2.75) is 31.9 Å². The van der Waals surface area contributed by atoms with Gasteiger partial charge in [0.1, 0.15) is 5.75 Å². The number of ether oxygens (including phenoxy) is 1. The van der Waals surface area contributed by atoms with Crippen LogP contribution >= 0.6 is 0 Å². The molecule has 1 amide bonds. The molecule has 2 aromatic rings. The SMILES string of the molecule is COc1ccc(CCC(=O)NC(C)C(O)c2ccc(F)c(F)c2)cc1. The Morgan fingerprint density at radius 2 is 1.84 bits per heavy atom. The van der Waals surface area contributed by atoms with Gasteiger partial charge in [0, 0.05) is 6.42 Å². The van der Waals surface area contributed by atoms with Gasteiger partial charge in [0.15, 0.2) is 11.6 Å². The molecular weight excluding hydrogens is 328 g/mol. The maximum Gasteiger partial charge on any atom is 0.220 e. The third-order valence-corrected chi connectivity index (χ3v) is 3.95. The molecule has 0 aliphatic rings. The molecular formula is C19H21F2NO3. The number of rotatable bonds is 7. The molecule has 6 heteroatoms. The molecule has 0 heterocycles. The van der Waals surface area contributed by atoms with E-state index >= 15 is 0 Å². The Balaban J connectivity index is 1.86. The van der Waals surface area contributed by atoms with Gasteiger partial charge in [-0.1, -0.05) is 18.2 Å². The van der Waals surface area contributed by atoms with Crippen molar-refractivity contribution in [3.8, 4) is 5.75 Å². The Kier molecular flexibility index (Phi) is 6.47. The third kappa shape index (κ3) is 5.26. The Morgan fingerprint density at radius 1 is 1.16 bits per heavy atom. The van der Waals surface area contributed by atoms with Crippen LogP contribution in [0.3, 0.4) is 0 Å². The van der Waals surface area contributed by atoms with E-state index in [-0.39, 0.29) is 17.9 Å². The van der Waals surface area contributed by atoms with Crippen LogP contribution in [0.25, 0.3) is 0 Å². The molecule has 0 radical (unpaired) electrons. The monoisotopic (exact) mass is 349 g/mol. The Morgan fingerprint density at radius 3 is 2.44 bits per heavy atom. The van der Waals surface area contributed by atoms with E-state index in [1.807, 2.05) is 24.3 Å². The van der Waals surface area contributed by atoms with Gasteiger partial charge < -0.3 is 15.2 Å². The first-order valence-electron chi connectivity index (χ1n) is 7.96. The smallest absolute Gasteiger partial charge is 0.220 e. The molecule has 2 aromatic carbocycles. The minimum Gasteiger partial charge on any atom is -0.497 e. The predicted octanol–water partition coefficient (Wildman–Crippen LogP) is 3.14. The summed E-state index contributed by atoms with van der Waals surface area (Å²) in [5.41, 5.74) is 1.20. The van der Waals surface area contributed by atoms with Gasteiger partial charge in [-0.3, -0.25) is 4.79 Å². The number of carbonyl (C=O) groups excluding carboxylic acids is 1. The summed E-state index contributed by atoms with van der Waals surface area (Å²) in [6.07, 6.45) is -0.328. The van der Waals surface area contributed by atoms with E-state index in [4.69, 9.17) is 4.74 Å². The average molecular weight is 349 g/mol. The molecule has 0 saturated carbocycles. The fourth-order valence-corrected chi connectivity index (χ4v) is 2.44. The van der Waals surface area contributed by atoms with Crippen LogP contribution in [0.1, 0.15) is 30.6 Å². The summed E-state index contributed by atoms with van der Waals surface area (Å²) in [7, 11) is 1.59. The maximum atomic E-state index is 13.2. The number of nitrogens with one attached hydrogen (secondary N) is 1. The lowest BCUT2D eigenvalue weighted by atomic mass is 10.0. The molecule has 2 atom stereocenters. The van der Waals surface area contributed by atoms with Crippen LogP contribution in [0.5, 0.6) is 5.75 Å². The minimum absolute atomic E-state index is 0.210. The molecule has 0 aliphatic heterocycles. The number of aliphatic hydroxyl groups is 1. The summed E-state index contributed by atoms with van der Waals surface area (Å²) in [4.78, 5) is 12.0. The summed E-state index contributed by atoms with van der Waals surface area (Å²) in [5, 5.41) is 12.9. The van der Waals surface area contributed by atoms with Crippen molar-refractivity contribution in [1.82, 2.24) is 5.32 Å². The molecule has 0 saturated heterocycles. The lowest BCUT2D eigenvalue weighted by Gasteiger charge is -2.21. The van der Waals surface area contributed by atoms with Crippen molar-refractivity contribution >= 4 is 5.91 Å². The number of carbonyl (C=O) groups is 1. The quantitative estimate of drug-likeness (QED) is 0.807. The summed E-state index contributed by atoms with van der Waals surface area (Å²) in [6.45, 7) is 1.61. The van der Waals surface area contributed by atoms with Crippen LogP contribution in [0.2, 0.25) is 0 Å². The van der Waals surface area contributed by atoms with Crippen molar-refractivity contribution in [2.75, 3.05) is 7.11 Å². The van der Waals surface area contributed by atoms with Gasteiger partial charge in [-0.15, -0.1) is 0 Å². The van der Waals surface area contributed by atoms with E-state index in [0.29, 0.717) is 6.42 Å². The fraction of sp³-hybridized carbons (Fsp3) is 0.316. The zero-order valence-electron chi connectivity index (χ0n) is 14.1. The summed E-state index contributed by atoms with van der Waals surface area (Å²) in [6, 6.07) is 9.95. The van der Waals surface area contributed by atoms with E-state index in [1.54, 1.807) is 14.0 Å². The molecule has 2 N–H and O–H groups in total. The Bertz CT molecular complexity index is 719. The molecule has 0 aliphatic carbocycles. The van der Waals surface area contributed by atoms with Crippen LogP contribution in [-0.4, -0.2) is 24.2 Å². The first kappa shape index (κ1) is 18.9. The number of aliphatic hydroxyl groups excluding tert-OH is 1. The van der Waals surface area contributed by atoms with E-state index in [2.05, 4.69) is 5.32 Å². The molecule has 134 valence electrons. The van der Waals surface area contributed by atoms with Crippen molar-refractivity contribution in [1.29, 1.82) is 0 Å². The highest BCUT2D eigenvalue weighted by atomic mass is 19.2. The van der Waals surface area contributed by atoms with Gasteiger partial charge in [-0.05, 0) is 48.7 Å². The second-order valence-corrected chi connectivity index (χ2v) is 5.82. The van der Waals surface area contributed by atoms with E-state index < -0.39 is 23.8 Å². The van der Waals surface area contributed by atoms with Crippen molar-refractivity contribution < 1.29 is 23.4 Å². The van der Waals surface area contributed by atoms with Crippen LogP contribution in [-0.2, 0) is 11.2 Å². The highest BCUT2D eigenvalue weighted by Gasteiger charge is 2.19. The molecule has 0 fully saturated rings. The van der Waals surface area contributed by atoms with Crippen molar-refractivity contribution in [3.05, 3.63) is 65.2 Å². The fourth-order valence-electron chi connectivity index (χ4n) is 2.44. The average Bonchev–Trinajstić information content (AvgIpc) is 2.62. The second kappa shape index (κ2) is 8.58.